The Morgan fingerprint density at radius 3 is 2.58 bits per heavy atom. The van der Waals surface area contributed by atoms with E-state index in [1.54, 1.807) is 12.1 Å². The lowest BCUT2D eigenvalue weighted by Crippen LogP contribution is -2.27. The summed E-state index contributed by atoms with van der Waals surface area (Å²) in [6.45, 7) is 0.230. The van der Waals surface area contributed by atoms with Crippen molar-refractivity contribution in [3.63, 3.8) is 0 Å². The number of hydrogen-bond acceptors (Lipinski definition) is 3. The quantitative estimate of drug-likeness (QED) is 0.699. The fourth-order valence-electron chi connectivity index (χ4n) is 1.50. The Morgan fingerprint density at radius 1 is 1.32 bits per heavy atom. The third kappa shape index (κ3) is 6.26. The molecule has 0 spiro atoms. The van der Waals surface area contributed by atoms with Crippen molar-refractivity contribution in [2.24, 2.45) is 5.73 Å². The summed E-state index contributed by atoms with van der Waals surface area (Å²) < 4.78 is 28.2. The van der Waals surface area contributed by atoms with Crippen LogP contribution in [0.1, 0.15) is 15.9 Å². The van der Waals surface area contributed by atoms with Gasteiger partial charge in [0.2, 0.25) is 0 Å². The second-order valence-corrected chi connectivity index (χ2v) is 3.96. The molecule has 0 aliphatic heterocycles. The summed E-state index contributed by atoms with van der Waals surface area (Å²) in [6, 6.07) is 7.10. The van der Waals surface area contributed by atoms with Gasteiger partial charge in [-0.1, -0.05) is 12.1 Å². The van der Waals surface area contributed by atoms with Crippen molar-refractivity contribution in [3.8, 4) is 0 Å². The van der Waals surface area contributed by atoms with Crippen LogP contribution in [0, 0.1) is 0 Å². The Kier molecular flexibility index (Phi) is 6.99. The number of ether oxygens (including phenoxy) is 1. The maximum Gasteiger partial charge on any atom is 0.261 e. The SMILES string of the molecule is NCCc1ccc(C(=O)NCCOCC(F)F)cc1. The molecule has 1 amide bonds. The van der Waals surface area contributed by atoms with Gasteiger partial charge in [0.1, 0.15) is 6.61 Å². The third-order valence-corrected chi connectivity index (χ3v) is 2.42. The number of nitrogens with one attached hydrogen (secondary N) is 1. The summed E-state index contributed by atoms with van der Waals surface area (Å²) in [6.07, 6.45) is -1.71. The molecule has 0 bridgehead atoms. The van der Waals surface area contributed by atoms with Gasteiger partial charge in [-0.25, -0.2) is 8.78 Å². The number of halogens is 2. The van der Waals surface area contributed by atoms with E-state index in [9.17, 15) is 13.6 Å². The van der Waals surface area contributed by atoms with Gasteiger partial charge in [0.15, 0.2) is 0 Å². The van der Waals surface area contributed by atoms with Gasteiger partial charge in [-0.3, -0.25) is 4.79 Å². The van der Waals surface area contributed by atoms with Gasteiger partial charge in [0.05, 0.1) is 6.61 Å². The zero-order valence-electron chi connectivity index (χ0n) is 10.6. The van der Waals surface area contributed by atoms with Gasteiger partial charge >= 0.3 is 0 Å². The number of carbonyl (C=O) groups is 1. The highest BCUT2D eigenvalue weighted by Gasteiger charge is 2.05. The predicted octanol–water partition coefficient (Wildman–Crippen LogP) is 1.20. The van der Waals surface area contributed by atoms with E-state index in [1.807, 2.05) is 12.1 Å². The lowest BCUT2D eigenvalue weighted by molar-refractivity contribution is 0.0188. The molecule has 0 aliphatic rings. The molecule has 4 nitrogen and oxygen atoms in total. The first-order valence-electron chi connectivity index (χ1n) is 6.06. The van der Waals surface area contributed by atoms with E-state index in [2.05, 4.69) is 10.1 Å². The Morgan fingerprint density at radius 2 is 2.00 bits per heavy atom. The third-order valence-electron chi connectivity index (χ3n) is 2.42. The molecule has 0 saturated heterocycles. The molecule has 0 aromatic heterocycles. The molecule has 1 rings (SSSR count). The van der Waals surface area contributed by atoms with Crippen molar-refractivity contribution in [1.29, 1.82) is 0 Å². The van der Waals surface area contributed by atoms with E-state index in [0.29, 0.717) is 12.1 Å². The summed E-state index contributed by atoms with van der Waals surface area (Å²) in [5.41, 5.74) is 7.02. The van der Waals surface area contributed by atoms with Crippen LogP contribution in [0.5, 0.6) is 0 Å². The van der Waals surface area contributed by atoms with Crippen molar-refractivity contribution in [1.82, 2.24) is 5.32 Å². The highest BCUT2D eigenvalue weighted by molar-refractivity contribution is 5.94. The average molecular weight is 272 g/mol. The second kappa shape index (κ2) is 8.55. The van der Waals surface area contributed by atoms with Crippen LogP contribution >= 0.6 is 0 Å². The molecule has 1 aromatic carbocycles. The molecule has 6 heteroatoms. The van der Waals surface area contributed by atoms with Crippen LogP contribution in [0.2, 0.25) is 0 Å². The molecule has 0 atom stereocenters. The summed E-state index contributed by atoms with van der Waals surface area (Å²) in [5, 5.41) is 2.59. The summed E-state index contributed by atoms with van der Waals surface area (Å²) in [7, 11) is 0. The van der Waals surface area contributed by atoms with Gasteiger partial charge in [0, 0.05) is 12.1 Å². The standard InChI is InChI=1S/C13H18F2N2O2/c14-12(15)9-19-8-7-17-13(18)11-3-1-10(2-4-11)5-6-16/h1-4,12H,5-9,16H2,(H,17,18). The zero-order valence-corrected chi connectivity index (χ0v) is 10.6. The minimum atomic E-state index is -2.48. The molecule has 1 aromatic rings. The van der Waals surface area contributed by atoms with E-state index >= 15 is 0 Å². The Bertz CT molecular complexity index is 383. The first-order chi connectivity index (χ1) is 9.13. The van der Waals surface area contributed by atoms with Crippen molar-refractivity contribution < 1.29 is 18.3 Å². The predicted molar refractivity (Wildman–Crippen MR) is 68.4 cm³/mol. The summed E-state index contributed by atoms with van der Waals surface area (Å²) in [4.78, 5) is 11.7. The maximum absolute atomic E-state index is 11.8. The van der Waals surface area contributed by atoms with E-state index < -0.39 is 13.0 Å². The number of hydrogen-bond donors (Lipinski definition) is 2. The smallest absolute Gasteiger partial charge is 0.261 e. The van der Waals surface area contributed by atoms with Crippen LogP contribution in [0.3, 0.4) is 0 Å². The van der Waals surface area contributed by atoms with E-state index in [0.717, 1.165) is 12.0 Å². The number of nitrogens with two attached hydrogens (primary N) is 1. The van der Waals surface area contributed by atoms with Crippen LogP contribution in [0.15, 0.2) is 24.3 Å². The van der Waals surface area contributed by atoms with Crippen LogP contribution in [0.4, 0.5) is 8.78 Å². The minimum absolute atomic E-state index is 0.0708. The van der Waals surface area contributed by atoms with E-state index in [1.165, 1.54) is 0 Å². The molecular formula is C13H18F2N2O2. The summed E-state index contributed by atoms with van der Waals surface area (Å²) in [5.74, 6) is -0.250. The Hall–Kier alpha value is -1.53. The van der Waals surface area contributed by atoms with Crippen LogP contribution in [-0.2, 0) is 11.2 Å². The number of carbonyl (C=O) groups excluding carboxylic acids is 1. The lowest BCUT2D eigenvalue weighted by Gasteiger charge is -2.07. The molecule has 0 saturated carbocycles. The van der Waals surface area contributed by atoms with Gasteiger partial charge in [-0.15, -0.1) is 0 Å². The average Bonchev–Trinajstić information content (AvgIpc) is 2.39. The highest BCUT2D eigenvalue weighted by atomic mass is 19.3. The second-order valence-electron chi connectivity index (χ2n) is 3.96. The Labute approximate surface area is 110 Å². The first-order valence-corrected chi connectivity index (χ1v) is 6.06. The molecule has 0 heterocycles. The fraction of sp³-hybridized carbons (Fsp3) is 0.462. The zero-order chi connectivity index (χ0) is 14.1. The molecular weight excluding hydrogens is 254 g/mol. The lowest BCUT2D eigenvalue weighted by atomic mass is 10.1. The van der Waals surface area contributed by atoms with Gasteiger partial charge in [-0.2, -0.15) is 0 Å². The Balaban J connectivity index is 2.29. The van der Waals surface area contributed by atoms with Crippen molar-refractivity contribution >= 4 is 5.91 Å². The summed E-state index contributed by atoms with van der Waals surface area (Å²) >= 11 is 0. The monoisotopic (exact) mass is 272 g/mol. The molecule has 0 fully saturated rings. The molecule has 3 N–H and O–H groups in total. The fourth-order valence-corrected chi connectivity index (χ4v) is 1.50. The molecule has 0 unspecified atom stereocenters. The van der Waals surface area contributed by atoms with E-state index in [4.69, 9.17) is 5.73 Å². The maximum atomic E-state index is 11.8. The topological polar surface area (TPSA) is 64.4 Å². The largest absolute Gasteiger partial charge is 0.374 e. The minimum Gasteiger partial charge on any atom is -0.374 e. The van der Waals surface area contributed by atoms with E-state index in [-0.39, 0.29) is 19.1 Å². The molecule has 0 radical (unpaired) electrons. The van der Waals surface area contributed by atoms with Gasteiger partial charge in [0.25, 0.3) is 12.3 Å². The van der Waals surface area contributed by atoms with Gasteiger partial charge in [-0.05, 0) is 30.7 Å². The van der Waals surface area contributed by atoms with Crippen LogP contribution in [-0.4, -0.2) is 38.6 Å². The van der Waals surface area contributed by atoms with Crippen LogP contribution in [0.25, 0.3) is 0 Å². The number of rotatable bonds is 8. The number of amides is 1. The highest BCUT2D eigenvalue weighted by Crippen LogP contribution is 2.04. The number of benzene rings is 1. The van der Waals surface area contributed by atoms with Crippen molar-refractivity contribution in [2.45, 2.75) is 12.8 Å². The molecule has 19 heavy (non-hydrogen) atoms. The molecule has 0 aliphatic carbocycles. The van der Waals surface area contributed by atoms with Gasteiger partial charge < -0.3 is 15.8 Å². The normalized spacial score (nSPS) is 10.7. The first kappa shape index (κ1) is 15.5. The van der Waals surface area contributed by atoms with Crippen LogP contribution < -0.4 is 11.1 Å². The van der Waals surface area contributed by atoms with Crippen molar-refractivity contribution in [2.75, 3.05) is 26.3 Å². The van der Waals surface area contributed by atoms with Crippen molar-refractivity contribution in [3.05, 3.63) is 35.4 Å². The number of alkyl halides is 2. The molecule has 106 valence electrons.